The Kier molecular flexibility index (Phi) is 2.44. The van der Waals surface area contributed by atoms with Gasteiger partial charge < -0.3 is 20.6 Å². The van der Waals surface area contributed by atoms with E-state index in [-0.39, 0.29) is 0 Å². The summed E-state index contributed by atoms with van der Waals surface area (Å²) in [6.07, 6.45) is 2.19. The molecule has 0 spiro atoms. The number of carboxylic acids is 1. The van der Waals surface area contributed by atoms with E-state index in [1.54, 1.807) is 6.92 Å². The van der Waals surface area contributed by atoms with Gasteiger partial charge in [0.2, 0.25) is 0 Å². The topological polar surface area (TPSA) is 83.6 Å². The monoisotopic (exact) mass is 218 g/mol. The van der Waals surface area contributed by atoms with Crippen molar-refractivity contribution in [1.82, 2.24) is 4.98 Å². The molecule has 0 radical (unpaired) electrons. The lowest BCUT2D eigenvalue weighted by molar-refractivity contribution is -0.480. The van der Waals surface area contributed by atoms with Gasteiger partial charge >= 0.3 is 0 Å². The summed E-state index contributed by atoms with van der Waals surface area (Å²) >= 11 is 0. The van der Waals surface area contributed by atoms with Crippen LogP contribution in [0.4, 0.5) is 0 Å². The summed E-state index contributed by atoms with van der Waals surface area (Å²) in [5.74, 6) is -1.13. The van der Waals surface area contributed by atoms with E-state index in [4.69, 9.17) is 0 Å². The second-order valence-electron chi connectivity index (χ2n) is 4.38. The number of nitrogens with one attached hydrogen (secondary N) is 1. The number of carbonyl (C=O) groups excluding carboxylic acids is 1. The summed E-state index contributed by atoms with van der Waals surface area (Å²) in [4.78, 5) is 14.0. The lowest BCUT2D eigenvalue weighted by Crippen LogP contribution is -2.78. The first-order valence-corrected chi connectivity index (χ1v) is 5.12. The van der Waals surface area contributed by atoms with Crippen LogP contribution in [0.25, 0.3) is 10.9 Å². The summed E-state index contributed by atoms with van der Waals surface area (Å²) in [5.41, 5.74) is 4.54. The zero-order valence-electron chi connectivity index (χ0n) is 9.12. The van der Waals surface area contributed by atoms with E-state index in [1.165, 1.54) is 0 Å². The Morgan fingerprint density at radius 3 is 2.88 bits per heavy atom. The molecule has 1 aromatic heterocycles. The van der Waals surface area contributed by atoms with Gasteiger partial charge in [0.1, 0.15) is 11.5 Å². The number of carbonyl (C=O) groups is 1. The van der Waals surface area contributed by atoms with E-state index in [9.17, 15) is 9.90 Å². The van der Waals surface area contributed by atoms with Gasteiger partial charge in [0.25, 0.3) is 0 Å². The molecule has 2 aromatic rings. The van der Waals surface area contributed by atoms with Crippen molar-refractivity contribution in [2.75, 3.05) is 0 Å². The molecule has 0 aliphatic rings. The van der Waals surface area contributed by atoms with E-state index in [0.717, 1.165) is 16.5 Å². The fraction of sp³-hybridized carbons (Fsp3) is 0.250. The summed E-state index contributed by atoms with van der Waals surface area (Å²) in [6, 6.07) is 7.79. The van der Waals surface area contributed by atoms with E-state index in [0.29, 0.717) is 6.42 Å². The third-order valence-corrected chi connectivity index (χ3v) is 2.75. The number of aromatic amines is 1. The second kappa shape index (κ2) is 3.64. The van der Waals surface area contributed by atoms with Crippen LogP contribution in [0, 0.1) is 0 Å². The van der Waals surface area contributed by atoms with Gasteiger partial charge in [-0.1, -0.05) is 18.2 Å². The van der Waals surface area contributed by atoms with Gasteiger partial charge in [0.15, 0.2) is 0 Å². The molecular weight excluding hydrogens is 204 g/mol. The molecule has 2 rings (SSSR count). The lowest BCUT2D eigenvalue weighted by Gasteiger charge is -2.21. The summed E-state index contributed by atoms with van der Waals surface area (Å²) in [5, 5.41) is 11.9. The Hall–Kier alpha value is -1.81. The van der Waals surface area contributed by atoms with Gasteiger partial charge in [-0.25, -0.2) is 0 Å². The Balaban J connectivity index is 2.38. The van der Waals surface area contributed by atoms with Crippen LogP contribution in [0.1, 0.15) is 12.5 Å². The molecule has 0 bridgehead atoms. The molecule has 1 aromatic carbocycles. The summed E-state index contributed by atoms with van der Waals surface area (Å²) in [7, 11) is 0. The molecule has 0 aliphatic carbocycles. The average molecular weight is 218 g/mol. The fourth-order valence-corrected chi connectivity index (χ4v) is 1.77. The third-order valence-electron chi connectivity index (χ3n) is 2.75. The van der Waals surface area contributed by atoms with Crippen molar-refractivity contribution >= 4 is 16.9 Å². The van der Waals surface area contributed by atoms with Crippen molar-refractivity contribution in [1.29, 1.82) is 0 Å². The van der Waals surface area contributed by atoms with Crippen LogP contribution < -0.4 is 10.8 Å². The number of fused-ring (bicyclic) bond motifs is 1. The number of aliphatic carboxylic acids is 1. The molecule has 84 valence electrons. The van der Waals surface area contributed by atoms with Crippen molar-refractivity contribution in [3.63, 3.8) is 0 Å². The highest BCUT2D eigenvalue weighted by atomic mass is 16.4. The third kappa shape index (κ3) is 1.79. The van der Waals surface area contributed by atoms with Gasteiger partial charge in [0, 0.05) is 23.5 Å². The molecule has 0 saturated carbocycles. The molecular formula is C12H14N2O2. The minimum atomic E-state index is -1.13. The van der Waals surface area contributed by atoms with Crippen LogP contribution in [0.15, 0.2) is 30.5 Å². The van der Waals surface area contributed by atoms with Crippen LogP contribution in [0.2, 0.25) is 0 Å². The highest BCUT2D eigenvalue weighted by Crippen LogP contribution is 2.20. The quantitative estimate of drug-likeness (QED) is 0.725. The van der Waals surface area contributed by atoms with Crippen molar-refractivity contribution in [3.05, 3.63) is 36.0 Å². The number of H-pyrrole nitrogens is 1. The first-order chi connectivity index (χ1) is 7.50. The largest absolute Gasteiger partial charge is 0.544 e. The number of quaternary nitrogens is 1. The highest BCUT2D eigenvalue weighted by molar-refractivity contribution is 5.84. The van der Waals surface area contributed by atoms with Crippen molar-refractivity contribution in [2.45, 2.75) is 18.9 Å². The number of hydrogen-bond donors (Lipinski definition) is 2. The molecule has 0 unspecified atom stereocenters. The molecule has 4 N–H and O–H groups in total. The number of para-hydroxylation sites is 1. The first-order valence-electron chi connectivity index (χ1n) is 5.12. The number of rotatable bonds is 3. The second-order valence-corrected chi connectivity index (χ2v) is 4.38. The Labute approximate surface area is 93.1 Å². The normalized spacial score (nSPS) is 14.9. The van der Waals surface area contributed by atoms with Crippen LogP contribution in [0.3, 0.4) is 0 Å². The molecule has 0 amide bonds. The maximum atomic E-state index is 10.9. The lowest BCUT2D eigenvalue weighted by atomic mass is 9.94. The summed E-state index contributed by atoms with van der Waals surface area (Å²) in [6.45, 7) is 1.57. The number of carboxylic acid groups (broad SMARTS) is 1. The average Bonchev–Trinajstić information content (AvgIpc) is 2.61. The standard InChI is InChI=1S/C12H14N2O2/c1-12(13,11(15)16)6-8-7-14-10-5-3-2-4-9(8)10/h2-5,7,14H,6,13H2,1H3,(H,15,16)/t12-/m1/s1. The Bertz CT molecular complexity index is 529. The molecule has 4 heteroatoms. The molecule has 4 nitrogen and oxygen atoms in total. The SMILES string of the molecule is C[C@@]([NH3+])(Cc1c[nH]c2ccccc12)C(=O)[O-]. The zero-order chi connectivity index (χ0) is 11.8. The highest BCUT2D eigenvalue weighted by Gasteiger charge is 2.26. The van der Waals surface area contributed by atoms with Gasteiger partial charge in [-0.05, 0) is 18.6 Å². The minimum absolute atomic E-state index is 0.360. The van der Waals surface area contributed by atoms with Gasteiger partial charge in [-0.15, -0.1) is 0 Å². The van der Waals surface area contributed by atoms with Crippen molar-refractivity contribution < 1.29 is 15.6 Å². The number of benzene rings is 1. The van der Waals surface area contributed by atoms with E-state index < -0.39 is 11.5 Å². The van der Waals surface area contributed by atoms with E-state index in [2.05, 4.69) is 10.7 Å². The summed E-state index contributed by atoms with van der Waals surface area (Å²) < 4.78 is 0. The van der Waals surface area contributed by atoms with Crippen LogP contribution in [0.5, 0.6) is 0 Å². The smallest absolute Gasteiger partial charge is 0.136 e. The maximum absolute atomic E-state index is 10.9. The molecule has 16 heavy (non-hydrogen) atoms. The first kappa shape index (κ1) is 10.7. The van der Waals surface area contributed by atoms with Gasteiger partial charge in [-0.2, -0.15) is 0 Å². The van der Waals surface area contributed by atoms with Gasteiger partial charge in [-0.3, -0.25) is 0 Å². The van der Waals surface area contributed by atoms with E-state index in [1.807, 2.05) is 30.5 Å². The number of aromatic nitrogens is 1. The molecule has 1 heterocycles. The predicted molar refractivity (Wildman–Crippen MR) is 58.3 cm³/mol. The van der Waals surface area contributed by atoms with Gasteiger partial charge in [0.05, 0.1) is 0 Å². The molecule has 0 fully saturated rings. The van der Waals surface area contributed by atoms with Crippen LogP contribution in [-0.2, 0) is 11.2 Å². The number of hydrogen-bond acceptors (Lipinski definition) is 2. The molecule has 0 aliphatic heterocycles. The Morgan fingerprint density at radius 2 is 2.19 bits per heavy atom. The van der Waals surface area contributed by atoms with E-state index >= 15 is 0 Å². The van der Waals surface area contributed by atoms with Crippen LogP contribution in [-0.4, -0.2) is 16.5 Å². The van der Waals surface area contributed by atoms with Crippen molar-refractivity contribution in [2.24, 2.45) is 0 Å². The molecule has 0 saturated heterocycles. The zero-order valence-corrected chi connectivity index (χ0v) is 9.12. The molecule has 1 atom stereocenters. The Morgan fingerprint density at radius 1 is 1.50 bits per heavy atom. The fourth-order valence-electron chi connectivity index (χ4n) is 1.77. The van der Waals surface area contributed by atoms with Crippen LogP contribution >= 0.6 is 0 Å². The predicted octanol–water partition coefficient (Wildman–Crippen LogP) is -0.539. The minimum Gasteiger partial charge on any atom is -0.544 e. The maximum Gasteiger partial charge on any atom is 0.136 e. The van der Waals surface area contributed by atoms with Crippen molar-refractivity contribution in [3.8, 4) is 0 Å².